The molecule has 1 fully saturated rings. The van der Waals surface area contributed by atoms with Crippen molar-refractivity contribution >= 4 is 16.7 Å². The van der Waals surface area contributed by atoms with E-state index in [9.17, 15) is 9.90 Å². The molecule has 4 aromatic rings. The molecule has 5 rings (SSSR count). The fourth-order valence-electron chi connectivity index (χ4n) is 5.97. The number of anilines is 1. The Bertz CT molecular complexity index is 1560. The Kier molecular flexibility index (Phi) is 9.11. The van der Waals surface area contributed by atoms with E-state index in [0.29, 0.717) is 11.6 Å². The minimum Gasteiger partial charge on any atom is -0.374 e. The lowest BCUT2D eigenvalue weighted by Gasteiger charge is -2.37. The van der Waals surface area contributed by atoms with Crippen LogP contribution in [0.1, 0.15) is 75.7 Å². The Balaban J connectivity index is 1.43. The second kappa shape index (κ2) is 12.8. The molecule has 3 aromatic heterocycles. The van der Waals surface area contributed by atoms with Gasteiger partial charge in [-0.2, -0.15) is 5.10 Å². The molecule has 1 aliphatic heterocycles. The van der Waals surface area contributed by atoms with Gasteiger partial charge < -0.3 is 15.0 Å². The molecular formula is C33H45N7O2. The van der Waals surface area contributed by atoms with Crippen molar-refractivity contribution in [3.63, 3.8) is 0 Å². The quantitative estimate of drug-likeness (QED) is 0.232. The highest BCUT2D eigenvalue weighted by Gasteiger charge is 2.21. The van der Waals surface area contributed by atoms with Gasteiger partial charge in [0.1, 0.15) is 12.0 Å². The molecule has 1 aromatic carbocycles. The summed E-state index contributed by atoms with van der Waals surface area (Å²) in [5, 5.41) is 20.2. The molecule has 3 N–H and O–H groups in total. The molecule has 0 bridgehead atoms. The Hall–Kier alpha value is -3.53. The second-order valence-electron chi connectivity index (χ2n) is 12.0. The smallest absolute Gasteiger partial charge is 0.252 e. The number of nitrogens with one attached hydrogen (secondary N) is 2. The molecule has 4 heterocycles. The fourth-order valence-corrected chi connectivity index (χ4v) is 5.97. The van der Waals surface area contributed by atoms with Crippen LogP contribution in [0.2, 0.25) is 0 Å². The van der Waals surface area contributed by atoms with Crippen molar-refractivity contribution in [2.24, 2.45) is 0 Å². The number of rotatable bonds is 10. The van der Waals surface area contributed by atoms with E-state index >= 15 is 0 Å². The van der Waals surface area contributed by atoms with Gasteiger partial charge in [-0.1, -0.05) is 13.3 Å². The predicted molar refractivity (Wildman–Crippen MR) is 170 cm³/mol. The first kappa shape index (κ1) is 29.9. The van der Waals surface area contributed by atoms with Crippen LogP contribution in [0.25, 0.3) is 22.0 Å². The molecule has 0 spiro atoms. The number of hydrogen-bond donors (Lipinski definition) is 3. The summed E-state index contributed by atoms with van der Waals surface area (Å²) in [6.45, 7) is 17.0. The van der Waals surface area contributed by atoms with Crippen molar-refractivity contribution < 1.29 is 5.11 Å². The normalized spacial score (nSPS) is 15.3. The van der Waals surface area contributed by atoms with Gasteiger partial charge in [-0.25, -0.2) is 4.98 Å². The molecule has 1 aliphatic rings. The molecule has 1 unspecified atom stereocenters. The molecule has 0 saturated carbocycles. The summed E-state index contributed by atoms with van der Waals surface area (Å²) in [7, 11) is 0. The zero-order valence-corrected chi connectivity index (χ0v) is 25.8. The molecule has 0 aliphatic carbocycles. The lowest BCUT2D eigenvalue weighted by Crippen LogP contribution is -2.49. The first-order chi connectivity index (χ1) is 20.2. The number of aryl methyl sites for hydroxylation is 2. The van der Waals surface area contributed by atoms with Gasteiger partial charge in [0.2, 0.25) is 0 Å². The van der Waals surface area contributed by atoms with Crippen LogP contribution >= 0.6 is 0 Å². The van der Waals surface area contributed by atoms with Gasteiger partial charge >= 0.3 is 0 Å². The van der Waals surface area contributed by atoms with Crippen molar-refractivity contribution in [3.8, 4) is 11.1 Å². The number of hydrogen-bond acceptors (Lipinski definition) is 7. The van der Waals surface area contributed by atoms with E-state index in [4.69, 9.17) is 4.98 Å². The van der Waals surface area contributed by atoms with E-state index in [1.165, 1.54) is 0 Å². The SMILES string of the molecule is CCCc1cc(C)[nH]c(=O)c1CNC(O)c1cc(-c2ccc(N3CCN(C(C)C)CC3)nc2)cc2c1cnn2C(C)C. The highest BCUT2D eigenvalue weighted by molar-refractivity contribution is 5.88. The number of aromatic nitrogens is 4. The van der Waals surface area contributed by atoms with Crippen LogP contribution in [0.15, 0.2) is 47.5 Å². The number of pyridine rings is 2. The minimum absolute atomic E-state index is 0.110. The van der Waals surface area contributed by atoms with Crippen molar-refractivity contribution in [3.05, 3.63) is 75.5 Å². The third-order valence-electron chi connectivity index (χ3n) is 8.34. The molecule has 0 radical (unpaired) electrons. The first-order valence-electron chi connectivity index (χ1n) is 15.3. The van der Waals surface area contributed by atoms with Gasteiger partial charge in [-0.05, 0) is 82.5 Å². The lowest BCUT2D eigenvalue weighted by atomic mass is 9.99. The van der Waals surface area contributed by atoms with Crippen LogP contribution < -0.4 is 15.8 Å². The van der Waals surface area contributed by atoms with E-state index in [2.05, 4.69) is 78.0 Å². The van der Waals surface area contributed by atoms with E-state index in [-0.39, 0.29) is 18.1 Å². The second-order valence-corrected chi connectivity index (χ2v) is 12.0. The Morgan fingerprint density at radius 3 is 2.40 bits per heavy atom. The van der Waals surface area contributed by atoms with Gasteiger partial charge in [-0.15, -0.1) is 0 Å². The van der Waals surface area contributed by atoms with Crippen LogP contribution in [0.3, 0.4) is 0 Å². The van der Waals surface area contributed by atoms with E-state index in [1.807, 2.05) is 36.1 Å². The molecule has 9 heteroatoms. The van der Waals surface area contributed by atoms with Crippen LogP contribution in [0.5, 0.6) is 0 Å². The molecule has 1 saturated heterocycles. The van der Waals surface area contributed by atoms with Crippen LogP contribution in [0, 0.1) is 6.92 Å². The number of nitrogens with zero attached hydrogens (tertiary/aromatic N) is 5. The van der Waals surface area contributed by atoms with Crippen LogP contribution in [-0.4, -0.2) is 62.0 Å². The fraction of sp³-hybridized carbons (Fsp3) is 0.485. The average Bonchev–Trinajstić information content (AvgIpc) is 3.41. The topological polar surface area (TPSA) is 102 Å². The minimum atomic E-state index is -0.989. The summed E-state index contributed by atoms with van der Waals surface area (Å²) < 4.78 is 1.98. The van der Waals surface area contributed by atoms with Gasteiger partial charge in [0.05, 0.1) is 11.7 Å². The van der Waals surface area contributed by atoms with Crippen molar-refractivity contribution in [2.45, 2.75) is 79.2 Å². The number of aliphatic hydroxyl groups is 1. The maximum Gasteiger partial charge on any atom is 0.252 e. The van der Waals surface area contributed by atoms with Crippen molar-refractivity contribution in [2.75, 3.05) is 31.1 Å². The summed E-state index contributed by atoms with van der Waals surface area (Å²) in [4.78, 5) is 25.4. The Labute approximate surface area is 248 Å². The van der Waals surface area contributed by atoms with Gasteiger partial charge in [0.25, 0.3) is 5.56 Å². The Morgan fingerprint density at radius 2 is 1.76 bits per heavy atom. The molecular weight excluding hydrogens is 526 g/mol. The summed E-state index contributed by atoms with van der Waals surface area (Å²) in [6, 6.07) is 11.1. The standard InChI is InChI=1S/C33H45N7O2/c1-7-8-24-15-23(6)37-33(42)28(24)19-35-32(41)27-16-26(17-30-29(27)20-36-40(30)22(4)5)25-9-10-31(34-18-25)39-13-11-38(12-14-39)21(2)3/h9-10,15-18,20-22,32,35,41H,7-8,11-14,19H2,1-6H3,(H,37,42). The summed E-state index contributed by atoms with van der Waals surface area (Å²) in [6.07, 6.45) is 4.51. The van der Waals surface area contributed by atoms with Crippen molar-refractivity contribution in [1.82, 2.24) is 30.0 Å². The number of aliphatic hydroxyl groups excluding tert-OH is 1. The molecule has 0 amide bonds. The summed E-state index contributed by atoms with van der Waals surface area (Å²) in [5.41, 5.74) is 6.04. The van der Waals surface area contributed by atoms with Gasteiger partial charge in [0, 0.05) is 78.8 Å². The average molecular weight is 572 g/mol. The molecule has 42 heavy (non-hydrogen) atoms. The summed E-state index contributed by atoms with van der Waals surface area (Å²) >= 11 is 0. The number of H-pyrrole nitrogens is 1. The molecule has 1 atom stereocenters. The van der Waals surface area contributed by atoms with Crippen molar-refractivity contribution in [1.29, 1.82) is 0 Å². The highest BCUT2D eigenvalue weighted by atomic mass is 16.3. The highest BCUT2D eigenvalue weighted by Crippen LogP contribution is 2.32. The van der Waals surface area contributed by atoms with Gasteiger partial charge in [0.15, 0.2) is 0 Å². The predicted octanol–water partition coefficient (Wildman–Crippen LogP) is 4.94. The lowest BCUT2D eigenvalue weighted by molar-refractivity contribution is 0.138. The maximum absolute atomic E-state index is 12.8. The van der Waals surface area contributed by atoms with E-state index in [0.717, 1.165) is 83.7 Å². The third kappa shape index (κ3) is 6.28. The zero-order valence-electron chi connectivity index (χ0n) is 25.8. The Morgan fingerprint density at radius 1 is 1.00 bits per heavy atom. The molecule has 9 nitrogen and oxygen atoms in total. The first-order valence-corrected chi connectivity index (χ1v) is 15.3. The van der Waals surface area contributed by atoms with E-state index < -0.39 is 6.23 Å². The van der Waals surface area contributed by atoms with Crippen LogP contribution in [0.4, 0.5) is 5.82 Å². The van der Waals surface area contributed by atoms with E-state index in [1.54, 1.807) is 0 Å². The monoisotopic (exact) mass is 571 g/mol. The maximum atomic E-state index is 12.8. The third-order valence-corrected chi connectivity index (χ3v) is 8.34. The number of piperazine rings is 1. The number of aromatic amines is 1. The summed E-state index contributed by atoms with van der Waals surface area (Å²) in [5.74, 6) is 0.989. The zero-order chi connectivity index (χ0) is 30.0. The molecule has 224 valence electrons. The largest absolute Gasteiger partial charge is 0.374 e. The number of benzene rings is 1. The van der Waals surface area contributed by atoms with Crippen LogP contribution in [-0.2, 0) is 13.0 Å². The van der Waals surface area contributed by atoms with Gasteiger partial charge in [-0.3, -0.25) is 19.7 Å². The number of fused-ring (bicyclic) bond motifs is 1.